The minimum Gasteiger partial charge on any atom is -0.205 e. The average molecular weight is 477 g/mol. The number of halogens is 1. The van der Waals surface area contributed by atoms with Gasteiger partial charge in [0, 0.05) is 10.9 Å². The van der Waals surface area contributed by atoms with E-state index < -0.39 is 0 Å². The Morgan fingerprint density at radius 3 is 1.89 bits per heavy atom. The van der Waals surface area contributed by atoms with Crippen LogP contribution in [0.2, 0.25) is 0 Å². The zero-order valence-electron chi connectivity index (χ0n) is 21.7. The molecule has 0 aliphatic heterocycles. The van der Waals surface area contributed by atoms with E-state index >= 15 is 4.39 Å². The van der Waals surface area contributed by atoms with Gasteiger partial charge in [0.2, 0.25) is 0 Å². The summed E-state index contributed by atoms with van der Waals surface area (Å²) in [6, 6.07) is 26.9. The van der Waals surface area contributed by atoms with Gasteiger partial charge in [-0.25, -0.2) is 4.39 Å². The normalized spacial score (nSPS) is 10.9. The quantitative estimate of drug-likeness (QED) is 0.158. The molecule has 36 heavy (non-hydrogen) atoms. The molecule has 0 saturated heterocycles. The van der Waals surface area contributed by atoms with Gasteiger partial charge in [-0.05, 0) is 77.6 Å². The van der Waals surface area contributed by atoms with E-state index in [9.17, 15) is 0 Å². The Kier molecular flexibility index (Phi) is 9.34. The molecule has 0 aliphatic rings. The van der Waals surface area contributed by atoms with Gasteiger partial charge in [-0.2, -0.15) is 0 Å². The Labute approximate surface area is 216 Å². The number of rotatable bonds is 10. The van der Waals surface area contributed by atoms with Crippen LogP contribution in [0, 0.1) is 17.7 Å². The van der Waals surface area contributed by atoms with Crippen LogP contribution in [0.1, 0.15) is 81.0 Å². The van der Waals surface area contributed by atoms with Crippen molar-refractivity contribution < 1.29 is 4.39 Å². The van der Waals surface area contributed by atoms with E-state index in [0.29, 0.717) is 10.9 Å². The topological polar surface area (TPSA) is 0 Å². The first-order valence-electron chi connectivity index (χ1n) is 13.6. The maximum Gasteiger partial charge on any atom is 0.146 e. The van der Waals surface area contributed by atoms with Crippen LogP contribution in [-0.2, 0) is 12.8 Å². The second-order valence-electron chi connectivity index (χ2n) is 9.77. The summed E-state index contributed by atoms with van der Waals surface area (Å²) in [5.41, 5.74) is 6.35. The lowest BCUT2D eigenvalue weighted by Crippen LogP contribution is -1.89. The summed E-state index contributed by atoms with van der Waals surface area (Å²) in [7, 11) is 0. The zero-order valence-corrected chi connectivity index (χ0v) is 21.7. The first-order valence-corrected chi connectivity index (χ1v) is 13.6. The van der Waals surface area contributed by atoms with Crippen molar-refractivity contribution in [3.8, 4) is 23.0 Å². The molecule has 0 radical (unpaired) electrons. The largest absolute Gasteiger partial charge is 0.205 e. The highest BCUT2D eigenvalue weighted by molar-refractivity contribution is 5.89. The molecule has 0 heterocycles. The Hall–Kier alpha value is -3.37. The van der Waals surface area contributed by atoms with Gasteiger partial charge >= 0.3 is 0 Å². The van der Waals surface area contributed by atoms with Crippen LogP contribution in [0.25, 0.3) is 21.9 Å². The summed E-state index contributed by atoms with van der Waals surface area (Å²) in [5, 5.41) is 1.51. The minimum absolute atomic E-state index is 0.245. The van der Waals surface area contributed by atoms with Crippen LogP contribution in [0.5, 0.6) is 0 Å². The SMILES string of the molecule is CCCCCCc1ccc(C#Cc2ccc3cc(-c4ccc(CCCCC)cc4)ccc3c2F)cc1. The molecule has 0 N–H and O–H groups in total. The molecule has 0 bridgehead atoms. The summed E-state index contributed by atoms with van der Waals surface area (Å²) >= 11 is 0. The Morgan fingerprint density at radius 2 is 1.19 bits per heavy atom. The number of aryl methyl sites for hydroxylation is 2. The highest BCUT2D eigenvalue weighted by Crippen LogP contribution is 2.28. The molecule has 4 aromatic carbocycles. The summed E-state index contributed by atoms with van der Waals surface area (Å²) in [5.74, 6) is 5.94. The number of hydrogen-bond acceptors (Lipinski definition) is 0. The van der Waals surface area contributed by atoms with E-state index in [4.69, 9.17) is 0 Å². The average Bonchev–Trinajstić information content (AvgIpc) is 2.92. The molecule has 1 heteroatoms. The third-order valence-electron chi connectivity index (χ3n) is 6.92. The Balaban J connectivity index is 1.46. The van der Waals surface area contributed by atoms with Crippen LogP contribution in [-0.4, -0.2) is 0 Å². The van der Waals surface area contributed by atoms with Crippen molar-refractivity contribution in [3.05, 3.63) is 107 Å². The second kappa shape index (κ2) is 13.1. The number of fused-ring (bicyclic) bond motifs is 1. The molecule has 0 nitrogen and oxygen atoms in total. The monoisotopic (exact) mass is 476 g/mol. The lowest BCUT2D eigenvalue weighted by molar-refractivity contribution is 0.636. The van der Waals surface area contributed by atoms with E-state index in [1.54, 1.807) is 6.07 Å². The van der Waals surface area contributed by atoms with Crippen LogP contribution in [0.4, 0.5) is 4.39 Å². The van der Waals surface area contributed by atoms with E-state index in [2.05, 4.69) is 68.2 Å². The predicted octanol–water partition coefficient (Wildman–Crippen LogP) is 9.90. The highest BCUT2D eigenvalue weighted by Gasteiger charge is 2.08. The Morgan fingerprint density at radius 1 is 0.583 bits per heavy atom. The summed E-state index contributed by atoms with van der Waals surface area (Å²) in [4.78, 5) is 0. The fraction of sp³-hybridized carbons (Fsp3) is 0.314. The molecule has 0 spiro atoms. The van der Waals surface area contributed by atoms with Crippen LogP contribution in [0.15, 0.2) is 78.9 Å². The van der Waals surface area contributed by atoms with Gasteiger partial charge in [-0.3, -0.25) is 0 Å². The van der Waals surface area contributed by atoms with Gasteiger partial charge in [0.1, 0.15) is 5.82 Å². The Bertz CT molecular complexity index is 1320. The van der Waals surface area contributed by atoms with E-state index in [1.807, 2.05) is 30.3 Å². The molecule has 0 atom stereocenters. The minimum atomic E-state index is -0.245. The molecule has 0 unspecified atom stereocenters. The second-order valence-corrected chi connectivity index (χ2v) is 9.77. The molecular formula is C35H37F. The maximum atomic E-state index is 15.3. The molecule has 0 amide bonds. The number of hydrogen-bond donors (Lipinski definition) is 0. The number of benzene rings is 4. The van der Waals surface area contributed by atoms with Crippen molar-refractivity contribution in [2.24, 2.45) is 0 Å². The smallest absolute Gasteiger partial charge is 0.146 e. The van der Waals surface area contributed by atoms with Crippen molar-refractivity contribution in [2.75, 3.05) is 0 Å². The molecule has 4 rings (SSSR count). The van der Waals surface area contributed by atoms with Crippen LogP contribution in [0.3, 0.4) is 0 Å². The molecule has 184 valence electrons. The fourth-order valence-corrected chi connectivity index (χ4v) is 4.66. The standard InChI is InChI=1S/C35H37F/c1-3-5-7-9-11-27-12-14-29(15-13-27)18-21-31-22-23-33-26-32(24-25-34(33)35(31)36)30-19-16-28(17-20-30)10-8-6-4-2/h12-17,19-20,22-26H,3-11H2,1-2H3. The van der Waals surface area contributed by atoms with E-state index in [1.165, 1.54) is 56.1 Å². The van der Waals surface area contributed by atoms with Crippen LogP contribution < -0.4 is 0 Å². The molecular weight excluding hydrogens is 439 g/mol. The molecule has 0 aliphatic carbocycles. The summed E-state index contributed by atoms with van der Waals surface area (Å²) < 4.78 is 15.3. The zero-order chi connectivity index (χ0) is 25.2. The van der Waals surface area contributed by atoms with Crippen molar-refractivity contribution in [2.45, 2.75) is 71.6 Å². The third kappa shape index (κ3) is 6.86. The predicted molar refractivity (Wildman–Crippen MR) is 153 cm³/mol. The van der Waals surface area contributed by atoms with Gasteiger partial charge in [-0.15, -0.1) is 0 Å². The molecule has 0 saturated carbocycles. The van der Waals surface area contributed by atoms with Crippen molar-refractivity contribution >= 4 is 10.8 Å². The first-order chi connectivity index (χ1) is 17.7. The molecule has 0 fully saturated rings. The highest BCUT2D eigenvalue weighted by atomic mass is 19.1. The first kappa shape index (κ1) is 25.7. The van der Waals surface area contributed by atoms with Gasteiger partial charge in [0.05, 0.1) is 5.56 Å². The van der Waals surface area contributed by atoms with Crippen molar-refractivity contribution in [3.63, 3.8) is 0 Å². The summed E-state index contributed by atoms with van der Waals surface area (Å²) in [6.45, 7) is 4.47. The van der Waals surface area contributed by atoms with Gasteiger partial charge in [0.15, 0.2) is 0 Å². The van der Waals surface area contributed by atoms with Crippen molar-refractivity contribution in [1.82, 2.24) is 0 Å². The lowest BCUT2D eigenvalue weighted by Gasteiger charge is -2.08. The lowest BCUT2D eigenvalue weighted by atomic mass is 9.98. The maximum absolute atomic E-state index is 15.3. The van der Waals surface area contributed by atoms with Gasteiger partial charge < -0.3 is 0 Å². The van der Waals surface area contributed by atoms with Crippen LogP contribution >= 0.6 is 0 Å². The van der Waals surface area contributed by atoms with Gasteiger partial charge in [-0.1, -0.05) is 112 Å². The van der Waals surface area contributed by atoms with Crippen molar-refractivity contribution in [1.29, 1.82) is 0 Å². The summed E-state index contributed by atoms with van der Waals surface area (Å²) in [6.07, 6.45) is 11.1. The van der Waals surface area contributed by atoms with Gasteiger partial charge in [0.25, 0.3) is 0 Å². The fourth-order valence-electron chi connectivity index (χ4n) is 4.66. The molecule has 0 aromatic heterocycles. The third-order valence-corrected chi connectivity index (χ3v) is 6.92. The van der Waals surface area contributed by atoms with E-state index in [0.717, 1.165) is 34.9 Å². The van der Waals surface area contributed by atoms with E-state index in [-0.39, 0.29) is 5.82 Å². The number of unbranched alkanes of at least 4 members (excludes halogenated alkanes) is 5. The molecule has 4 aromatic rings.